The standard InChI is InChI=1S/C11H17NS2/c1-2-7-13-9-6-12-5-3-11-4-8-14-10-11/h2,4,8,10,12H,1,3,5-7,9H2. The van der Waals surface area contributed by atoms with E-state index >= 15 is 0 Å². The Morgan fingerprint density at radius 3 is 3.14 bits per heavy atom. The van der Waals surface area contributed by atoms with E-state index in [1.54, 1.807) is 11.3 Å². The van der Waals surface area contributed by atoms with Crippen LogP contribution in [0.4, 0.5) is 0 Å². The summed E-state index contributed by atoms with van der Waals surface area (Å²) in [4.78, 5) is 0. The molecule has 1 nitrogen and oxygen atoms in total. The molecular formula is C11H17NS2. The van der Waals surface area contributed by atoms with Crippen LogP contribution in [0.3, 0.4) is 0 Å². The van der Waals surface area contributed by atoms with Gasteiger partial charge in [0.2, 0.25) is 0 Å². The highest BCUT2D eigenvalue weighted by atomic mass is 32.2. The second-order valence-corrected chi connectivity index (χ2v) is 4.93. The summed E-state index contributed by atoms with van der Waals surface area (Å²) in [6.07, 6.45) is 3.10. The Bertz CT molecular complexity index is 231. The van der Waals surface area contributed by atoms with Gasteiger partial charge in [0.15, 0.2) is 0 Å². The Kier molecular flexibility index (Phi) is 6.83. The first-order chi connectivity index (χ1) is 6.93. The number of thiophene rings is 1. The molecule has 0 bridgehead atoms. The monoisotopic (exact) mass is 227 g/mol. The lowest BCUT2D eigenvalue weighted by Gasteiger charge is -2.02. The Hall–Kier alpha value is -0.250. The maximum atomic E-state index is 3.69. The molecule has 0 atom stereocenters. The molecule has 1 aromatic heterocycles. The molecule has 0 aliphatic heterocycles. The molecule has 0 spiro atoms. The van der Waals surface area contributed by atoms with Gasteiger partial charge in [0.1, 0.15) is 0 Å². The molecule has 1 aromatic rings. The summed E-state index contributed by atoms with van der Waals surface area (Å²) in [7, 11) is 0. The van der Waals surface area contributed by atoms with Crippen LogP contribution in [0.15, 0.2) is 29.5 Å². The molecule has 0 aliphatic carbocycles. The minimum absolute atomic E-state index is 1.06. The van der Waals surface area contributed by atoms with Crippen molar-refractivity contribution in [3.05, 3.63) is 35.0 Å². The van der Waals surface area contributed by atoms with Gasteiger partial charge in [0.05, 0.1) is 0 Å². The van der Waals surface area contributed by atoms with E-state index in [1.807, 2.05) is 17.8 Å². The minimum Gasteiger partial charge on any atom is -0.316 e. The molecule has 0 unspecified atom stereocenters. The van der Waals surface area contributed by atoms with Crippen LogP contribution >= 0.6 is 23.1 Å². The molecule has 0 radical (unpaired) electrons. The van der Waals surface area contributed by atoms with Crippen LogP contribution in [0.2, 0.25) is 0 Å². The largest absolute Gasteiger partial charge is 0.316 e. The molecule has 0 aromatic carbocycles. The zero-order valence-electron chi connectivity index (χ0n) is 8.37. The van der Waals surface area contributed by atoms with Gasteiger partial charge in [-0.05, 0) is 35.4 Å². The zero-order chi connectivity index (χ0) is 10.1. The van der Waals surface area contributed by atoms with Gasteiger partial charge in [0.25, 0.3) is 0 Å². The van der Waals surface area contributed by atoms with Gasteiger partial charge in [-0.1, -0.05) is 6.08 Å². The third kappa shape index (κ3) is 5.47. The van der Waals surface area contributed by atoms with Crippen molar-refractivity contribution in [2.24, 2.45) is 0 Å². The highest BCUT2D eigenvalue weighted by Gasteiger charge is 1.92. The Balaban J connectivity index is 1.87. The lowest BCUT2D eigenvalue weighted by Crippen LogP contribution is -2.19. The third-order valence-electron chi connectivity index (χ3n) is 1.83. The lowest BCUT2D eigenvalue weighted by molar-refractivity contribution is 0.722. The van der Waals surface area contributed by atoms with Crippen LogP contribution in [0.1, 0.15) is 5.56 Å². The number of thioether (sulfide) groups is 1. The molecule has 1 rings (SSSR count). The smallest absolute Gasteiger partial charge is 0.0111 e. The fourth-order valence-corrected chi connectivity index (χ4v) is 2.43. The van der Waals surface area contributed by atoms with Crippen molar-refractivity contribution < 1.29 is 0 Å². The van der Waals surface area contributed by atoms with Crippen molar-refractivity contribution in [3.63, 3.8) is 0 Å². The summed E-state index contributed by atoms with van der Waals surface area (Å²) in [5.41, 5.74) is 1.45. The van der Waals surface area contributed by atoms with Crippen molar-refractivity contribution in [1.82, 2.24) is 5.32 Å². The first kappa shape index (κ1) is 11.8. The quantitative estimate of drug-likeness (QED) is 0.541. The van der Waals surface area contributed by atoms with Crippen LogP contribution < -0.4 is 5.32 Å². The lowest BCUT2D eigenvalue weighted by atomic mass is 10.2. The maximum absolute atomic E-state index is 3.69. The van der Waals surface area contributed by atoms with E-state index in [0.717, 1.165) is 25.3 Å². The first-order valence-corrected chi connectivity index (χ1v) is 6.93. The highest BCUT2D eigenvalue weighted by molar-refractivity contribution is 7.99. The van der Waals surface area contributed by atoms with Gasteiger partial charge in [0, 0.05) is 18.1 Å². The summed E-state index contributed by atoms with van der Waals surface area (Å²) < 4.78 is 0. The van der Waals surface area contributed by atoms with Gasteiger partial charge in [-0.2, -0.15) is 23.1 Å². The predicted molar refractivity (Wildman–Crippen MR) is 68.4 cm³/mol. The molecular weight excluding hydrogens is 210 g/mol. The van der Waals surface area contributed by atoms with Crippen LogP contribution in [-0.2, 0) is 6.42 Å². The molecule has 0 fully saturated rings. The van der Waals surface area contributed by atoms with E-state index in [0.29, 0.717) is 0 Å². The van der Waals surface area contributed by atoms with E-state index in [2.05, 4.69) is 28.7 Å². The second-order valence-electron chi connectivity index (χ2n) is 3.00. The third-order valence-corrected chi connectivity index (χ3v) is 3.53. The van der Waals surface area contributed by atoms with Crippen LogP contribution in [-0.4, -0.2) is 24.6 Å². The van der Waals surface area contributed by atoms with E-state index in [4.69, 9.17) is 0 Å². The van der Waals surface area contributed by atoms with E-state index in [1.165, 1.54) is 11.3 Å². The molecule has 0 saturated carbocycles. The van der Waals surface area contributed by atoms with Gasteiger partial charge >= 0.3 is 0 Å². The molecule has 78 valence electrons. The zero-order valence-corrected chi connectivity index (χ0v) is 10.0. The topological polar surface area (TPSA) is 12.0 Å². The molecule has 1 N–H and O–H groups in total. The maximum Gasteiger partial charge on any atom is 0.0111 e. The van der Waals surface area contributed by atoms with Crippen molar-refractivity contribution in [2.75, 3.05) is 24.6 Å². The van der Waals surface area contributed by atoms with Gasteiger partial charge < -0.3 is 5.32 Å². The van der Waals surface area contributed by atoms with Crippen LogP contribution in [0, 0.1) is 0 Å². The van der Waals surface area contributed by atoms with E-state index < -0.39 is 0 Å². The summed E-state index contributed by atoms with van der Waals surface area (Å²) in [6.45, 7) is 5.88. The summed E-state index contributed by atoms with van der Waals surface area (Å²) >= 11 is 3.69. The van der Waals surface area contributed by atoms with Gasteiger partial charge in [-0.25, -0.2) is 0 Å². The fraction of sp³-hybridized carbons (Fsp3) is 0.455. The molecule has 0 aliphatic rings. The van der Waals surface area contributed by atoms with Gasteiger partial charge in [-0.3, -0.25) is 0 Å². The van der Waals surface area contributed by atoms with Crippen molar-refractivity contribution in [3.8, 4) is 0 Å². The van der Waals surface area contributed by atoms with Crippen LogP contribution in [0.25, 0.3) is 0 Å². The fourth-order valence-electron chi connectivity index (χ4n) is 1.10. The SMILES string of the molecule is C=CCSCCNCCc1ccsc1. The van der Waals surface area contributed by atoms with Crippen molar-refractivity contribution in [2.45, 2.75) is 6.42 Å². The molecule has 0 saturated heterocycles. The molecule has 14 heavy (non-hydrogen) atoms. The Morgan fingerprint density at radius 2 is 2.43 bits per heavy atom. The molecule has 0 amide bonds. The van der Waals surface area contributed by atoms with Gasteiger partial charge in [-0.15, -0.1) is 6.58 Å². The van der Waals surface area contributed by atoms with E-state index in [9.17, 15) is 0 Å². The molecule has 1 heterocycles. The van der Waals surface area contributed by atoms with Crippen molar-refractivity contribution >= 4 is 23.1 Å². The average Bonchev–Trinajstić information content (AvgIpc) is 2.69. The number of hydrogen-bond acceptors (Lipinski definition) is 3. The minimum atomic E-state index is 1.06. The number of rotatable bonds is 8. The Morgan fingerprint density at radius 1 is 1.50 bits per heavy atom. The number of hydrogen-bond donors (Lipinski definition) is 1. The average molecular weight is 227 g/mol. The summed E-state index contributed by atoms with van der Waals surface area (Å²) in [6, 6.07) is 2.19. The number of nitrogens with one attached hydrogen (secondary N) is 1. The van der Waals surface area contributed by atoms with E-state index in [-0.39, 0.29) is 0 Å². The first-order valence-electron chi connectivity index (χ1n) is 4.84. The Labute approximate surface area is 94.6 Å². The predicted octanol–water partition coefficient (Wildman–Crippen LogP) is 2.80. The van der Waals surface area contributed by atoms with Crippen molar-refractivity contribution in [1.29, 1.82) is 0 Å². The highest BCUT2D eigenvalue weighted by Crippen LogP contribution is 2.05. The summed E-state index contributed by atoms with van der Waals surface area (Å²) in [5, 5.41) is 7.78. The molecule has 3 heteroatoms. The normalized spacial score (nSPS) is 10.3. The second kappa shape index (κ2) is 8.09. The summed E-state index contributed by atoms with van der Waals surface area (Å²) in [5.74, 6) is 2.24. The van der Waals surface area contributed by atoms with Crippen LogP contribution in [0.5, 0.6) is 0 Å².